The van der Waals surface area contributed by atoms with Crippen LogP contribution in [0.2, 0.25) is 0 Å². The van der Waals surface area contributed by atoms with Crippen LogP contribution in [0.4, 0.5) is 0 Å². The van der Waals surface area contributed by atoms with Gasteiger partial charge >= 0.3 is 0 Å². The van der Waals surface area contributed by atoms with Gasteiger partial charge in [0.15, 0.2) is 0 Å². The van der Waals surface area contributed by atoms with E-state index >= 15 is 0 Å². The SMILES string of the molecule is CC(C)(C)c1cc2cc(O)ccc2s1. The number of fused-ring (bicyclic) bond motifs is 1. The summed E-state index contributed by atoms with van der Waals surface area (Å²) in [7, 11) is 0. The third-order valence-corrected chi connectivity index (χ3v) is 3.78. The molecule has 0 aliphatic heterocycles. The Kier molecular flexibility index (Phi) is 2.04. The summed E-state index contributed by atoms with van der Waals surface area (Å²) in [6.45, 7) is 6.62. The quantitative estimate of drug-likeness (QED) is 0.693. The minimum Gasteiger partial charge on any atom is -0.508 e. The highest BCUT2D eigenvalue weighted by molar-refractivity contribution is 7.19. The summed E-state index contributed by atoms with van der Waals surface area (Å²) >= 11 is 1.80. The second-order valence-electron chi connectivity index (χ2n) is 4.58. The molecule has 0 spiro atoms. The average Bonchev–Trinajstić information content (AvgIpc) is 2.45. The molecule has 0 radical (unpaired) electrons. The number of hydrogen-bond donors (Lipinski definition) is 1. The molecular weight excluding hydrogens is 192 g/mol. The lowest BCUT2D eigenvalue weighted by molar-refractivity contribution is 0.476. The maximum absolute atomic E-state index is 9.35. The number of hydrogen-bond acceptors (Lipinski definition) is 2. The summed E-state index contributed by atoms with van der Waals surface area (Å²) in [6, 6.07) is 7.70. The summed E-state index contributed by atoms with van der Waals surface area (Å²) in [5.41, 5.74) is 0.194. The van der Waals surface area contributed by atoms with Crippen LogP contribution in [0.25, 0.3) is 10.1 Å². The van der Waals surface area contributed by atoms with Crippen LogP contribution in [0.1, 0.15) is 25.6 Å². The average molecular weight is 206 g/mol. The minimum absolute atomic E-state index is 0.194. The van der Waals surface area contributed by atoms with Crippen LogP contribution in [-0.2, 0) is 5.41 Å². The van der Waals surface area contributed by atoms with Crippen molar-refractivity contribution in [1.29, 1.82) is 0 Å². The van der Waals surface area contributed by atoms with Crippen LogP contribution in [0.15, 0.2) is 24.3 Å². The van der Waals surface area contributed by atoms with E-state index in [9.17, 15) is 5.11 Å². The van der Waals surface area contributed by atoms with E-state index in [0.717, 1.165) is 5.39 Å². The molecule has 0 bridgehead atoms. The number of aromatic hydroxyl groups is 1. The van der Waals surface area contributed by atoms with Gasteiger partial charge in [-0.15, -0.1) is 11.3 Å². The van der Waals surface area contributed by atoms with E-state index in [1.54, 1.807) is 17.4 Å². The molecule has 1 aromatic heterocycles. The van der Waals surface area contributed by atoms with E-state index < -0.39 is 0 Å². The fourth-order valence-corrected chi connectivity index (χ4v) is 2.50. The van der Waals surface area contributed by atoms with Crippen molar-refractivity contribution in [2.24, 2.45) is 0 Å². The van der Waals surface area contributed by atoms with Gasteiger partial charge in [-0.3, -0.25) is 0 Å². The molecule has 74 valence electrons. The number of thiophene rings is 1. The van der Waals surface area contributed by atoms with Gasteiger partial charge in [-0.05, 0) is 35.1 Å². The normalized spacial score (nSPS) is 12.2. The lowest BCUT2D eigenvalue weighted by Gasteiger charge is -2.14. The Morgan fingerprint density at radius 1 is 1.14 bits per heavy atom. The molecule has 2 rings (SSSR count). The highest BCUT2D eigenvalue weighted by atomic mass is 32.1. The lowest BCUT2D eigenvalue weighted by Crippen LogP contribution is -2.07. The standard InChI is InChI=1S/C12H14OS/c1-12(2,3)11-7-8-6-9(13)4-5-10(8)14-11/h4-7,13H,1-3H3. The van der Waals surface area contributed by atoms with Gasteiger partial charge in [-0.1, -0.05) is 20.8 Å². The third kappa shape index (κ3) is 1.62. The Hall–Kier alpha value is -1.02. The molecule has 0 saturated carbocycles. The molecule has 0 amide bonds. The fraction of sp³-hybridized carbons (Fsp3) is 0.333. The van der Waals surface area contributed by atoms with Gasteiger partial charge in [0.1, 0.15) is 5.75 Å². The Balaban J connectivity index is 2.63. The highest BCUT2D eigenvalue weighted by Gasteiger charge is 2.16. The van der Waals surface area contributed by atoms with Gasteiger partial charge in [0.25, 0.3) is 0 Å². The van der Waals surface area contributed by atoms with E-state index in [-0.39, 0.29) is 5.41 Å². The number of phenolic OH excluding ortho intramolecular Hbond substituents is 1. The van der Waals surface area contributed by atoms with E-state index in [1.165, 1.54) is 9.58 Å². The molecule has 0 aliphatic rings. The van der Waals surface area contributed by atoms with Crippen molar-refractivity contribution in [2.75, 3.05) is 0 Å². The predicted molar refractivity (Wildman–Crippen MR) is 62.2 cm³/mol. The summed E-state index contributed by atoms with van der Waals surface area (Å²) in [5, 5.41) is 10.5. The fourth-order valence-electron chi connectivity index (χ4n) is 1.40. The third-order valence-electron chi connectivity index (χ3n) is 2.24. The first kappa shape index (κ1) is 9.53. The molecule has 0 unspecified atom stereocenters. The van der Waals surface area contributed by atoms with E-state index in [1.807, 2.05) is 12.1 Å². The molecule has 1 heterocycles. The molecular formula is C12H14OS. The lowest BCUT2D eigenvalue weighted by atomic mass is 9.94. The molecule has 2 aromatic rings. The van der Waals surface area contributed by atoms with Crippen LogP contribution in [0.3, 0.4) is 0 Å². The zero-order valence-corrected chi connectivity index (χ0v) is 9.48. The van der Waals surface area contributed by atoms with Gasteiger partial charge in [-0.25, -0.2) is 0 Å². The van der Waals surface area contributed by atoms with Crippen LogP contribution < -0.4 is 0 Å². The van der Waals surface area contributed by atoms with Gasteiger partial charge in [0.05, 0.1) is 0 Å². The van der Waals surface area contributed by atoms with Crippen molar-refractivity contribution < 1.29 is 5.11 Å². The number of phenols is 1. The van der Waals surface area contributed by atoms with Crippen LogP contribution in [0.5, 0.6) is 5.75 Å². The van der Waals surface area contributed by atoms with Crippen LogP contribution in [0, 0.1) is 0 Å². The van der Waals surface area contributed by atoms with Crippen molar-refractivity contribution >= 4 is 21.4 Å². The number of rotatable bonds is 0. The van der Waals surface area contributed by atoms with E-state index in [2.05, 4.69) is 26.8 Å². The smallest absolute Gasteiger partial charge is 0.116 e. The maximum atomic E-state index is 9.35. The topological polar surface area (TPSA) is 20.2 Å². The molecule has 1 N–H and O–H groups in total. The van der Waals surface area contributed by atoms with Crippen molar-refractivity contribution in [3.63, 3.8) is 0 Å². The summed E-state index contributed by atoms with van der Waals surface area (Å²) in [4.78, 5) is 1.36. The largest absolute Gasteiger partial charge is 0.508 e. The van der Waals surface area contributed by atoms with E-state index in [4.69, 9.17) is 0 Å². The van der Waals surface area contributed by atoms with Crippen LogP contribution >= 0.6 is 11.3 Å². The van der Waals surface area contributed by atoms with Gasteiger partial charge < -0.3 is 5.11 Å². The highest BCUT2D eigenvalue weighted by Crippen LogP contribution is 2.35. The summed E-state index contributed by atoms with van der Waals surface area (Å²) in [6.07, 6.45) is 0. The minimum atomic E-state index is 0.194. The Labute approximate surface area is 88.0 Å². The second-order valence-corrected chi connectivity index (χ2v) is 5.67. The van der Waals surface area contributed by atoms with Crippen molar-refractivity contribution in [3.8, 4) is 5.75 Å². The van der Waals surface area contributed by atoms with Gasteiger partial charge in [0.2, 0.25) is 0 Å². The van der Waals surface area contributed by atoms with Crippen molar-refractivity contribution in [2.45, 2.75) is 26.2 Å². The van der Waals surface area contributed by atoms with Crippen molar-refractivity contribution in [3.05, 3.63) is 29.1 Å². The van der Waals surface area contributed by atoms with Gasteiger partial charge in [0, 0.05) is 9.58 Å². The first-order chi connectivity index (χ1) is 6.47. The molecule has 0 atom stereocenters. The number of benzene rings is 1. The summed E-state index contributed by atoms with van der Waals surface area (Å²) < 4.78 is 1.24. The molecule has 1 aromatic carbocycles. The Morgan fingerprint density at radius 2 is 1.86 bits per heavy atom. The molecule has 1 nitrogen and oxygen atoms in total. The zero-order chi connectivity index (χ0) is 10.3. The molecule has 2 heteroatoms. The first-order valence-electron chi connectivity index (χ1n) is 4.70. The molecule has 0 saturated heterocycles. The maximum Gasteiger partial charge on any atom is 0.116 e. The monoisotopic (exact) mass is 206 g/mol. The van der Waals surface area contributed by atoms with E-state index in [0.29, 0.717) is 5.75 Å². The molecule has 0 aliphatic carbocycles. The van der Waals surface area contributed by atoms with Gasteiger partial charge in [-0.2, -0.15) is 0 Å². The molecule has 0 fully saturated rings. The predicted octanol–water partition coefficient (Wildman–Crippen LogP) is 3.90. The van der Waals surface area contributed by atoms with Crippen molar-refractivity contribution in [1.82, 2.24) is 0 Å². The molecule has 14 heavy (non-hydrogen) atoms. The second kappa shape index (κ2) is 2.99. The Bertz CT molecular complexity index is 463. The Morgan fingerprint density at radius 3 is 2.50 bits per heavy atom. The summed E-state index contributed by atoms with van der Waals surface area (Å²) in [5.74, 6) is 0.343. The zero-order valence-electron chi connectivity index (χ0n) is 8.66. The first-order valence-corrected chi connectivity index (χ1v) is 5.51. The van der Waals surface area contributed by atoms with Crippen LogP contribution in [-0.4, -0.2) is 5.11 Å².